The molecule has 2 fully saturated rings. The zero-order chi connectivity index (χ0) is 42.5. The van der Waals surface area contributed by atoms with Gasteiger partial charge in [-0.05, 0) is 12.8 Å². The van der Waals surface area contributed by atoms with Gasteiger partial charge in [0.1, 0.15) is 48.8 Å². The third-order valence-electron chi connectivity index (χ3n) is 10.8. The van der Waals surface area contributed by atoms with Crippen molar-refractivity contribution in [3.05, 3.63) is 0 Å². The van der Waals surface area contributed by atoms with Crippen LogP contribution in [0.5, 0.6) is 0 Å². The van der Waals surface area contributed by atoms with Crippen molar-refractivity contribution in [2.24, 2.45) is 5.41 Å². The van der Waals surface area contributed by atoms with Crippen LogP contribution in [-0.4, -0.2) is 144 Å². The molecular weight excluding hydrogens is 797 g/mol. The molecule has 0 unspecified atom stereocenters. The van der Waals surface area contributed by atoms with Crippen LogP contribution in [0.25, 0.3) is 0 Å². The minimum Gasteiger partial charge on any atom is -0.394 e. The molecule has 0 aromatic carbocycles. The summed E-state index contributed by atoms with van der Waals surface area (Å²) < 4.78 is 97.2. The Bertz CT molecular complexity index is 1200. The molecular formula is C37H72O18S2. The monoisotopic (exact) mass is 868 g/mol. The number of hydrogen-bond donors (Lipinski definition) is 8. The van der Waals surface area contributed by atoms with Crippen LogP contribution in [0.15, 0.2) is 0 Å². The van der Waals surface area contributed by atoms with E-state index in [1.807, 2.05) is 6.92 Å². The van der Waals surface area contributed by atoms with Crippen molar-refractivity contribution >= 4 is 20.8 Å². The average molecular weight is 869 g/mol. The highest BCUT2D eigenvalue weighted by molar-refractivity contribution is 7.81. The smallest absolute Gasteiger partial charge is 0.394 e. The van der Waals surface area contributed by atoms with Crippen molar-refractivity contribution in [2.75, 3.05) is 26.4 Å². The molecule has 18 nitrogen and oxygen atoms in total. The van der Waals surface area contributed by atoms with Crippen LogP contribution in [0, 0.1) is 5.41 Å². The number of aliphatic hydroxyl groups is 6. The summed E-state index contributed by atoms with van der Waals surface area (Å²) in [5.74, 6) is 0. The Morgan fingerprint density at radius 3 is 1.09 bits per heavy atom. The molecule has 2 heterocycles. The Morgan fingerprint density at radius 1 is 0.491 bits per heavy atom. The maximum atomic E-state index is 11.6. The molecule has 0 spiro atoms. The predicted octanol–water partition coefficient (Wildman–Crippen LogP) is 3.10. The van der Waals surface area contributed by atoms with E-state index in [4.69, 9.17) is 18.9 Å². The van der Waals surface area contributed by atoms with Gasteiger partial charge in [0.2, 0.25) is 0 Å². The van der Waals surface area contributed by atoms with E-state index in [1.54, 1.807) is 0 Å². The second-order valence-electron chi connectivity index (χ2n) is 15.7. The van der Waals surface area contributed by atoms with Crippen LogP contribution in [0.1, 0.15) is 142 Å². The first-order valence-electron chi connectivity index (χ1n) is 20.8. The third-order valence-corrected chi connectivity index (χ3v) is 11.8. The van der Waals surface area contributed by atoms with Gasteiger partial charge in [-0.3, -0.25) is 9.11 Å². The summed E-state index contributed by atoms with van der Waals surface area (Å²) in [6.45, 7) is 2.20. The lowest BCUT2D eigenvalue weighted by molar-refractivity contribution is -0.315. The molecule has 0 aliphatic carbocycles. The first-order valence-corrected chi connectivity index (χ1v) is 23.5. The second kappa shape index (κ2) is 27.3. The number of rotatable bonds is 32. The van der Waals surface area contributed by atoms with Crippen molar-refractivity contribution in [1.82, 2.24) is 0 Å². The van der Waals surface area contributed by atoms with Gasteiger partial charge in [0, 0.05) is 5.41 Å². The van der Waals surface area contributed by atoms with Gasteiger partial charge in [-0.15, -0.1) is 0 Å². The Balaban J connectivity index is 2.23. The molecule has 57 heavy (non-hydrogen) atoms. The van der Waals surface area contributed by atoms with Gasteiger partial charge < -0.3 is 49.6 Å². The zero-order valence-electron chi connectivity index (χ0n) is 33.7. The van der Waals surface area contributed by atoms with E-state index in [1.165, 1.54) is 57.8 Å². The first kappa shape index (κ1) is 52.5. The molecule has 0 aromatic rings. The van der Waals surface area contributed by atoms with Crippen LogP contribution in [0.4, 0.5) is 0 Å². The fourth-order valence-electron chi connectivity index (χ4n) is 7.48. The first-order chi connectivity index (χ1) is 27.0. The quantitative estimate of drug-likeness (QED) is 0.0356. The van der Waals surface area contributed by atoms with Crippen LogP contribution in [-0.2, 0) is 48.1 Å². The molecule has 340 valence electrons. The highest BCUT2D eigenvalue weighted by Crippen LogP contribution is 2.37. The molecule has 0 radical (unpaired) electrons. The van der Waals surface area contributed by atoms with Crippen molar-refractivity contribution in [2.45, 2.75) is 204 Å². The van der Waals surface area contributed by atoms with E-state index >= 15 is 0 Å². The molecule has 20 heteroatoms. The summed E-state index contributed by atoms with van der Waals surface area (Å²) in [5, 5.41) is 62.7. The molecule has 10 atom stereocenters. The molecule has 0 amide bonds. The minimum absolute atomic E-state index is 0.216. The summed E-state index contributed by atoms with van der Waals surface area (Å²) in [4.78, 5) is 0. The summed E-state index contributed by atoms with van der Waals surface area (Å²) in [6.07, 6.45) is 2.57. The predicted molar refractivity (Wildman–Crippen MR) is 206 cm³/mol. The largest absolute Gasteiger partial charge is 0.397 e. The fraction of sp³-hybridized carbons (Fsp3) is 1.00. The minimum atomic E-state index is -5.16. The van der Waals surface area contributed by atoms with Gasteiger partial charge in [0.05, 0.1) is 26.4 Å². The third kappa shape index (κ3) is 19.7. The van der Waals surface area contributed by atoms with Crippen LogP contribution < -0.4 is 0 Å². The molecule has 2 aliphatic heterocycles. The Labute approximate surface area is 339 Å². The number of unbranched alkanes of at least 4 members (excludes halogenated alkanes) is 16. The van der Waals surface area contributed by atoms with E-state index in [-0.39, 0.29) is 13.2 Å². The average Bonchev–Trinajstić information content (AvgIpc) is 3.15. The van der Waals surface area contributed by atoms with Gasteiger partial charge in [0.15, 0.2) is 12.6 Å². The summed E-state index contributed by atoms with van der Waals surface area (Å²) >= 11 is 0. The molecule has 0 saturated carbocycles. The lowest BCUT2D eigenvalue weighted by atomic mass is 9.79. The van der Waals surface area contributed by atoms with Gasteiger partial charge in [-0.1, -0.05) is 129 Å². The molecule has 2 saturated heterocycles. The summed E-state index contributed by atoms with van der Waals surface area (Å²) in [6, 6.07) is 0. The zero-order valence-corrected chi connectivity index (χ0v) is 35.4. The van der Waals surface area contributed by atoms with Crippen molar-refractivity contribution < 1.29 is 83.9 Å². The van der Waals surface area contributed by atoms with E-state index < -0.39 is 101 Å². The van der Waals surface area contributed by atoms with E-state index in [0.29, 0.717) is 25.7 Å². The van der Waals surface area contributed by atoms with Crippen molar-refractivity contribution in [1.29, 1.82) is 0 Å². The SMILES string of the molecule is CCCCCCCCCCCCCCCCC(CCCCCC)(CO[C@@H]1O[C@H](CO)[C@H](O)[C@H](OS(=O)(=O)O)[C@H]1O)CO[C@@H]1O[C@H](CO)[C@H](O)[C@H](OS(=O)(=O)O)[C@H]1O. The lowest BCUT2D eigenvalue weighted by Crippen LogP contribution is -2.61. The van der Waals surface area contributed by atoms with Crippen molar-refractivity contribution in [3.63, 3.8) is 0 Å². The van der Waals surface area contributed by atoms with Crippen LogP contribution in [0.3, 0.4) is 0 Å². The Hall–Kier alpha value is -0.660. The Morgan fingerprint density at radius 2 is 0.789 bits per heavy atom. The second-order valence-corrected chi connectivity index (χ2v) is 17.8. The van der Waals surface area contributed by atoms with E-state index in [9.17, 15) is 56.6 Å². The van der Waals surface area contributed by atoms with Crippen molar-refractivity contribution in [3.8, 4) is 0 Å². The molecule has 0 bridgehead atoms. The Kier molecular flexibility index (Phi) is 25.2. The summed E-state index contributed by atoms with van der Waals surface area (Å²) in [5.41, 5.74) is -0.925. The number of ether oxygens (including phenoxy) is 4. The van der Waals surface area contributed by atoms with E-state index in [2.05, 4.69) is 15.3 Å². The molecule has 2 aliphatic rings. The standard InChI is InChI=1S/C37H72O18S2/c1-3-5-7-9-10-11-12-13-14-15-16-17-18-20-22-37(21-19-8-6-4-2,25-50-35-31(42)33(54-56(44,45)46)29(40)27(23-38)52-35)26-51-36-32(43)34(55-57(47,48)49)30(41)28(24-39)53-36/h27-36,38-43H,3-26H2,1-2H3,(H,44,45,46)(H,47,48,49)/t27-,28-,29+,30+,31-,32-,33+,34+,35-,36-/m1/s1. The van der Waals surface area contributed by atoms with E-state index in [0.717, 1.165) is 44.9 Å². The summed E-state index contributed by atoms with van der Waals surface area (Å²) in [7, 11) is -10.3. The highest BCUT2D eigenvalue weighted by atomic mass is 32.3. The molecule has 0 aromatic heterocycles. The number of aliphatic hydroxyl groups excluding tert-OH is 6. The van der Waals surface area contributed by atoms with Gasteiger partial charge in [0.25, 0.3) is 0 Å². The van der Waals surface area contributed by atoms with Gasteiger partial charge >= 0.3 is 20.8 Å². The normalized spacial score (nSPS) is 28.9. The van der Waals surface area contributed by atoms with Gasteiger partial charge in [-0.25, -0.2) is 8.37 Å². The lowest BCUT2D eigenvalue weighted by Gasteiger charge is -2.44. The fourth-order valence-corrected chi connectivity index (χ4v) is 8.50. The molecule has 2 rings (SSSR count). The van der Waals surface area contributed by atoms with Gasteiger partial charge in [-0.2, -0.15) is 16.8 Å². The van der Waals surface area contributed by atoms with Crippen LogP contribution in [0.2, 0.25) is 0 Å². The highest BCUT2D eigenvalue weighted by Gasteiger charge is 2.50. The maximum absolute atomic E-state index is 11.6. The topological polar surface area (TPSA) is 285 Å². The van der Waals surface area contributed by atoms with Crippen LogP contribution >= 0.6 is 0 Å². The maximum Gasteiger partial charge on any atom is 0.397 e. The number of hydrogen-bond acceptors (Lipinski definition) is 16. The molecule has 8 N–H and O–H groups in total.